The van der Waals surface area contributed by atoms with Crippen molar-refractivity contribution in [1.29, 1.82) is 0 Å². The van der Waals surface area contributed by atoms with Gasteiger partial charge in [0.2, 0.25) is 9.05 Å². The van der Waals surface area contributed by atoms with Gasteiger partial charge in [0.25, 0.3) is 6.43 Å². The van der Waals surface area contributed by atoms with Crippen LogP contribution in [0.4, 0.5) is 13.2 Å². The van der Waals surface area contributed by atoms with Gasteiger partial charge >= 0.3 is 0 Å². The smallest absolute Gasteiger partial charge is 0.267 e. The molecule has 0 saturated carbocycles. The van der Waals surface area contributed by atoms with Crippen LogP contribution in [-0.2, 0) is 14.8 Å². The SMILES string of the molecule is COc1c(CS(=O)(=O)Cl)cc(F)cc1C(F)F. The molecule has 17 heavy (non-hydrogen) atoms. The van der Waals surface area contributed by atoms with Crippen molar-refractivity contribution in [2.24, 2.45) is 0 Å². The monoisotopic (exact) mass is 288 g/mol. The highest BCUT2D eigenvalue weighted by Gasteiger charge is 2.21. The molecule has 0 unspecified atom stereocenters. The molecular weight excluding hydrogens is 281 g/mol. The van der Waals surface area contributed by atoms with Crippen LogP contribution in [0.3, 0.4) is 0 Å². The molecule has 0 aromatic heterocycles. The third-order valence-electron chi connectivity index (χ3n) is 1.93. The molecule has 0 N–H and O–H groups in total. The fourth-order valence-electron chi connectivity index (χ4n) is 1.38. The van der Waals surface area contributed by atoms with Crippen LogP contribution >= 0.6 is 10.7 Å². The Morgan fingerprint density at radius 2 is 2.00 bits per heavy atom. The Morgan fingerprint density at radius 3 is 2.41 bits per heavy atom. The molecule has 1 rings (SSSR count). The van der Waals surface area contributed by atoms with Crippen molar-refractivity contribution in [3.8, 4) is 5.75 Å². The number of hydrogen-bond acceptors (Lipinski definition) is 3. The molecule has 1 aromatic rings. The molecule has 96 valence electrons. The fourth-order valence-corrected chi connectivity index (χ4v) is 2.32. The molecule has 0 aliphatic rings. The summed E-state index contributed by atoms with van der Waals surface area (Å²) < 4.78 is 64.6. The maximum atomic E-state index is 13.1. The summed E-state index contributed by atoms with van der Waals surface area (Å²) in [6.45, 7) is 0. The molecule has 0 saturated heterocycles. The van der Waals surface area contributed by atoms with Crippen LogP contribution < -0.4 is 4.74 Å². The van der Waals surface area contributed by atoms with Gasteiger partial charge in [0, 0.05) is 16.2 Å². The third kappa shape index (κ3) is 3.78. The van der Waals surface area contributed by atoms with Crippen LogP contribution in [0.15, 0.2) is 12.1 Å². The summed E-state index contributed by atoms with van der Waals surface area (Å²) in [6.07, 6.45) is -2.97. The molecule has 0 aliphatic carbocycles. The van der Waals surface area contributed by atoms with Gasteiger partial charge in [-0.25, -0.2) is 21.6 Å². The van der Waals surface area contributed by atoms with Gasteiger partial charge in [0.15, 0.2) is 0 Å². The molecule has 0 atom stereocenters. The molecule has 0 bridgehead atoms. The predicted octanol–water partition coefficient (Wildman–Crippen LogP) is 2.84. The summed E-state index contributed by atoms with van der Waals surface area (Å²) >= 11 is 0. The number of methoxy groups -OCH3 is 1. The number of benzene rings is 1. The van der Waals surface area contributed by atoms with E-state index in [2.05, 4.69) is 4.74 Å². The van der Waals surface area contributed by atoms with Gasteiger partial charge in [-0.3, -0.25) is 0 Å². The van der Waals surface area contributed by atoms with Crippen LogP contribution in [0.2, 0.25) is 0 Å². The summed E-state index contributed by atoms with van der Waals surface area (Å²) in [5, 5.41) is 0. The predicted molar refractivity (Wildman–Crippen MR) is 56.4 cm³/mol. The van der Waals surface area contributed by atoms with Crippen molar-refractivity contribution in [2.75, 3.05) is 7.11 Å². The van der Waals surface area contributed by atoms with E-state index in [0.29, 0.717) is 6.07 Å². The van der Waals surface area contributed by atoms with Crippen molar-refractivity contribution < 1.29 is 26.3 Å². The number of alkyl halides is 2. The summed E-state index contributed by atoms with van der Waals surface area (Å²) in [5.41, 5.74) is -0.944. The average Bonchev–Trinajstić information content (AvgIpc) is 2.14. The molecule has 0 heterocycles. The topological polar surface area (TPSA) is 43.4 Å². The van der Waals surface area contributed by atoms with E-state index >= 15 is 0 Å². The van der Waals surface area contributed by atoms with E-state index in [1.807, 2.05) is 0 Å². The first-order valence-corrected chi connectivity index (χ1v) is 6.79. The molecule has 0 fully saturated rings. The molecule has 0 radical (unpaired) electrons. The standard InChI is InChI=1S/C9H8ClF3O3S/c1-16-8-5(4-17(10,14)15)2-6(11)3-7(8)9(12)13/h2-3,9H,4H2,1H3. The Kier molecular flexibility index (Phi) is 4.26. The Bertz CT molecular complexity index is 516. The van der Waals surface area contributed by atoms with Crippen LogP contribution in [-0.4, -0.2) is 15.5 Å². The minimum Gasteiger partial charge on any atom is -0.496 e. The molecular formula is C9H8ClF3O3S. The van der Waals surface area contributed by atoms with Crippen LogP contribution in [0, 0.1) is 5.82 Å². The lowest BCUT2D eigenvalue weighted by molar-refractivity contribution is 0.146. The first kappa shape index (κ1) is 14.1. The minimum atomic E-state index is -3.99. The second-order valence-electron chi connectivity index (χ2n) is 3.17. The number of ether oxygens (including phenoxy) is 1. The van der Waals surface area contributed by atoms with Gasteiger partial charge in [-0.2, -0.15) is 0 Å². The Balaban J connectivity index is 3.38. The van der Waals surface area contributed by atoms with Crippen molar-refractivity contribution >= 4 is 19.7 Å². The van der Waals surface area contributed by atoms with Gasteiger partial charge < -0.3 is 4.74 Å². The molecule has 0 aliphatic heterocycles. The molecule has 1 aromatic carbocycles. The first-order valence-electron chi connectivity index (χ1n) is 4.31. The molecule has 0 spiro atoms. The second kappa shape index (κ2) is 5.14. The van der Waals surface area contributed by atoms with Gasteiger partial charge in [0.05, 0.1) is 18.4 Å². The fraction of sp³-hybridized carbons (Fsp3) is 0.333. The highest BCUT2D eigenvalue weighted by atomic mass is 35.7. The lowest BCUT2D eigenvalue weighted by Crippen LogP contribution is -2.03. The lowest BCUT2D eigenvalue weighted by Gasteiger charge is -2.12. The average molecular weight is 289 g/mol. The summed E-state index contributed by atoms with van der Waals surface area (Å²) in [6, 6.07) is 1.39. The Morgan fingerprint density at radius 1 is 1.41 bits per heavy atom. The van der Waals surface area contributed by atoms with E-state index in [9.17, 15) is 21.6 Å². The zero-order valence-electron chi connectivity index (χ0n) is 8.58. The summed E-state index contributed by atoms with van der Waals surface area (Å²) in [7, 11) is 2.09. The van der Waals surface area contributed by atoms with Crippen molar-refractivity contribution in [3.05, 3.63) is 29.1 Å². The Hall–Kier alpha value is -0.950. The van der Waals surface area contributed by atoms with E-state index in [4.69, 9.17) is 10.7 Å². The van der Waals surface area contributed by atoms with E-state index in [1.165, 1.54) is 0 Å². The number of rotatable bonds is 4. The lowest BCUT2D eigenvalue weighted by atomic mass is 10.1. The van der Waals surface area contributed by atoms with Crippen LogP contribution in [0.5, 0.6) is 5.75 Å². The molecule has 0 amide bonds. The van der Waals surface area contributed by atoms with Gasteiger partial charge in [-0.05, 0) is 12.1 Å². The first-order chi connectivity index (χ1) is 7.74. The van der Waals surface area contributed by atoms with E-state index in [1.54, 1.807) is 0 Å². The maximum absolute atomic E-state index is 13.1. The van der Waals surface area contributed by atoms with Crippen LogP contribution in [0.25, 0.3) is 0 Å². The number of hydrogen-bond donors (Lipinski definition) is 0. The largest absolute Gasteiger partial charge is 0.496 e. The second-order valence-corrected chi connectivity index (χ2v) is 5.95. The van der Waals surface area contributed by atoms with Crippen molar-refractivity contribution in [1.82, 2.24) is 0 Å². The zero-order valence-corrected chi connectivity index (χ0v) is 10.2. The highest BCUT2D eigenvalue weighted by Crippen LogP contribution is 2.34. The number of halogens is 4. The normalized spacial score (nSPS) is 11.9. The van der Waals surface area contributed by atoms with Gasteiger partial charge in [-0.1, -0.05) is 0 Å². The quantitative estimate of drug-likeness (QED) is 0.800. The third-order valence-corrected chi connectivity index (χ3v) is 2.91. The molecule has 8 heteroatoms. The summed E-state index contributed by atoms with van der Waals surface area (Å²) in [5.74, 6) is -2.13. The van der Waals surface area contributed by atoms with Gasteiger partial charge in [-0.15, -0.1) is 0 Å². The van der Waals surface area contributed by atoms with Crippen molar-refractivity contribution in [3.63, 3.8) is 0 Å². The minimum absolute atomic E-state index is 0.238. The van der Waals surface area contributed by atoms with Crippen molar-refractivity contribution in [2.45, 2.75) is 12.2 Å². The van der Waals surface area contributed by atoms with E-state index < -0.39 is 32.6 Å². The zero-order chi connectivity index (χ0) is 13.2. The van der Waals surface area contributed by atoms with Crippen LogP contribution in [0.1, 0.15) is 17.6 Å². The Labute approximate surface area is 101 Å². The van der Waals surface area contributed by atoms with E-state index in [0.717, 1.165) is 13.2 Å². The van der Waals surface area contributed by atoms with E-state index in [-0.39, 0.29) is 11.3 Å². The summed E-state index contributed by atoms with van der Waals surface area (Å²) in [4.78, 5) is 0. The maximum Gasteiger partial charge on any atom is 0.267 e. The molecule has 3 nitrogen and oxygen atoms in total. The highest BCUT2D eigenvalue weighted by molar-refractivity contribution is 8.13. The van der Waals surface area contributed by atoms with Gasteiger partial charge in [0.1, 0.15) is 11.6 Å².